The molecule has 3 aromatic carbocycles. The molecule has 7 nitrogen and oxygen atoms in total. The van der Waals surface area contributed by atoms with Gasteiger partial charge in [-0.2, -0.15) is 0 Å². The first-order valence-electron chi connectivity index (χ1n) is 13.6. The molecule has 4 heterocycles. The molecule has 0 bridgehead atoms. The number of carbonyl (C=O) groups is 2. The summed E-state index contributed by atoms with van der Waals surface area (Å²) in [4.78, 5) is 34.0. The molecule has 3 aliphatic heterocycles. The van der Waals surface area contributed by atoms with Crippen LogP contribution in [0.25, 0.3) is 11.0 Å². The Labute approximate surface area is 246 Å². The van der Waals surface area contributed by atoms with E-state index in [1.807, 2.05) is 32.0 Å². The molecule has 0 aliphatic carbocycles. The van der Waals surface area contributed by atoms with E-state index in [2.05, 4.69) is 14.8 Å². The number of aryl methyl sites for hydroxylation is 1. The van der Waals surface area contributed by atoms with Crippen LogP contribution in [0.5, 0.6) is 0 Å². The summed E-state index contributed by atoms with van der Waals surface area (Å²) in [6.07, 6.45) is 0.384. The Bertz CT molecular complexity index is 1790. The summed E-state index contributed by atoms with van der Waals surface area (Å²) < 4.78 is 23.1. The number of anilines is 1. The molecule has 0 radical (unpaired) electrons. The molecule has 7 rings (SSSR count). The molecule has 1 fully saturated rings. The van der Waals surface area contributed by atoms with Crippen LogP contribution >= 0.6 is 23.2 Å². The van der Waals surface area contributed by atoms with Gasteiger partial charge in [0.1, 0.15) is 17.2 Å². The predicted molar refractivity (Wildman–Crippen MR) is 155 cm³/mol. The van der Waals surface area contributed by atoms with Gasteiger partial charge in [0, 0.05) is 41.6 Å². The maximum absolute atomic E-state index is 16.0. The van der Waals surface area contributed by atoms with E-state index in [1.54, 1.807) is 24.3 Å². The van der Waals surface area contributed by atoms with Gasteiger partial charge in [-0.25, -0.2) is 14.2 Å². The smallest absolute Gasteiger partial charge is 0.338 e. The lowest BCUT2D eigenvalue weighted by Gasteiger charge is -2.45. The van der Waals surface area contributed by atoms with Crippen molar-refractivity contribution in [2.24, 2.45) is 0 Å². The van der Waals surface area contributed by atoms with Crippen molar-refractivity contribution in [2.75, 3.05) is 19.0 Å². The average Bonchev–Trinajstić information content (AvgIpc) is 3.55. The molecule has 10 heteroatoms. The number of ether oxygens (including phenoxy) is 1. The van der Waals surface area contributed by atoms with Gasteiger partial charge in [-0.15, -0.1) is 0 Å². The second-order valence-corrected chi connectivity index (χ2v) is 11.9. The van der Waals surface area contributed by atoms with Gasteiger partial charge in [0.05, 0.1) is 28.7 Å². The second-order valence-electron chi connectivity index (χ2n) is 11.1. The molecule has 4 aromatic rings. The van der Waals surface area contributed by atoms with Crippen LogP contribution in [0.4, 0.5) is 10.1 Å². The van der Waals surface area contributed by atoms with Gasteiger partial charge in [0.15, 0.2) is 0 Å². The summed E-state index contributed by atoms with van der Waals surface area (Å²) in [6.45, 7) is 5.05. The lowest BCUT2D eigenvalue weighted by Crippen LogP contribution is -2.61. The summed E-state index contributed by atoms with van der Waals surface area (Å²) in [7, 11) is 1.35. The van der Waals surface area contributed by atoms with Gasteiger partial charge < -0.3 is 14.6 Å². The predicted octanol–water partition coefficient (Wildman–Crippen LogP) is 6.10. The second kappa shape index (κ2) is 9.28. The molecule has 0 unspecified atom stereocenters. The minimum absolute atomic E-state index is 0.0115. The van der Waals surface area contributed by atoms with E-state index in [0.29, 0.717) is 46.9 Å². The number of aromatic nitrogens is 2. The zero-order valence-electron chi connectivity index (χ0n) is 22.7. The number of carbonyl (C=O) groups excluding carboxylic acids is 2. The fourth-order valence-corrected chi connectivity index (χ4v) is 7.96. The number of benzene rings is 3. The lowest BCUT2D eigenvalue weighted by atomic mass is 9.69. The van der Waals surface area contributed by atoms with E-state index in [0.717, 1.165) is 22.5 Å². The van der Waals surface area contributed by atoms with E-state index >= 15 is 4.39 Å². The number of halogens is 3. The summed E-state index contributed by atoms with van der Waals surface area (Å²) >= 11 is 12.6. The molecule has 1 amide bonds. The minimum Gasteiger partial charge on any atom is -0.465 e. The largest absolute Gasteiger partial charge is 0.465 e. The number of imidazole rings is 1. The first-order chi connectivity index (χ1) is 19.7. The zero-order chi connectivity index (χ0) is 28.8. The topological polar surface area (TPSA) is 76.5 Å². The zero-order valence-corrected chi connectivity index (χ0v) is 24.2. The van der Waals surface area contributed by atoms with Crippen LogP contribution in [-0.2, 0) is 22.5 Å². The minimum atomic E-state index is -1.09. The van der Waals surface area contributed by atoms with Gasteiger partial charge >= 0.3 is 5.97 Å². The normalized spacial score (nSPS) is 24.8. The maximum Gasteiger partial charge on any atom is 0.338 e. The fraction of sp³-hybridized carbons (Fsp3) is 0.323. The highest BCUT2D eigenvalue weighted by Gasteiger charge is 2.67. The van der Waals surface area contributed by atoms with Crippen LogP contribution < -0.4 is 5.32 Å². The highest BCUT2D eigenvalue weighted by Crippen LogP contribution is 2.60. The molecule has 41 heavy (non-hydrogen) atoms. The van der Waals surface area contributed by atoms with Crippen molar-refractivity contribution in [3.63, 3.8) is 0 Å². The first kappa shape index (κ1) is 26.4. The van der Waals surface area contributed by atoms with Crippen LogP contribution in [0.3, 0.4) is 0 Å². The molecule has 1 N–H and O–H groups in total. The Morgan fingerprint density at radius 2 is 2.02 bits per heavy atom. The highest BCUT2D eigenvalue weighted by molar-refractivity contribution is 6.31. The molecule has 1 saturated heterocycles. The molecular formula is C31H27Cl2FN4O3. The van der Waals surface area contributed by atoms with Crippen LogP contribution in [0, 0.1) is 12.7 Å². The van der Waals surface area contributed by atoms with Crippen molar-refractivity contribution in [3.05, 3.63) is 92.5 Å². The molecular weight excluding hydrogens is 566 g/mol. The molecule has 210 valence electrons. The van der Waals surface area contributed by atoms with Crippen LogP contribution in [0.15, 0.2) is 48.5 Å². The van der Waals surface area contributed by atoms with E-state index in [9.17, 15) is 9.59 Å². The number of rotatable bonds is 3. The third kappa shape index (κ3) is 3.57. The Kier molecular flexibility index (Phi) is 5.98. The van der Waals surface area contributed by atoms with E-state index < -0.39 is 23.2 Å². The summed E-state index contributed by atoms with van der Waals surface area (Å²) in [5.74, 6) is -1.28. The third-order valence-electron chi connectivity index (χ3n) is 9.23. The molecule has 3 aliphatic rings. The number of nitrogens with one attached hydrogen (secondary N) is 1. The molecule has 4 atom stereocenters. The van der Waals surface area contributed by atoms with Gasteiger partial charge in [0.25, 0.3) is 0 Å². The lowest BCUT2D eigenvalue weighted by molar-refractivity contribution is -0.128. The number of amides is 1. The number of hydrogen-bond acceptors (Lipinski definition) is 5. The Balaban J connectivity index is 1.47. The quantitative estimate of drug-likeness (QED) is 0.291. The van der Waals surface area contributed by atoms with Crippen molar-refractivity contribution in [1.82, 2.24) is 14.5 Å². The number of hydrogen-bond donors (Lipinski definition) is 1. The van der Waals surface area contributed by atoms with E-state index in [-0.39, 0.29) is 22.9 Å². The standard InChI is InChI=1S/C31H27Cl2FN4O3/c1-4-38-24-14-37-23-10-15(2)19(29(39)41-3)12-22(23)35-28(37)25(24)26(18-6-5-7-20(33)27(18)34)31(38)13-16-8-9-17(32)11-21(16)36-30(31)40/h5-12,24-26H,4,13-14H2,1-3H3,(H,36,40)/t24-,25+,26-,31+/m0/s1. The van der Waals surface area contributed by atoms with Gasteiger partial charge in [-0.05, 0) is 60.5 Å². The summed E-state index contributed by atoms with van der Waals surface area (Å²) in [6, 6.07) is 14.1. The van der Waals surface area contributed by atoms with E-state index in [1.165, 1.54) is 13.2 Å². The average molecular weight is 593 g/mol. The monoisotopic (exact) mass is 592 g/mol. The number of likely N-dealkylation sites (N-methyl/N-ethyl adjacent to an activating group) is 1. The third-order valence-corrected chi connectivity index (χ3v) is 9.76. The van der Waals surface area contributed by atoms with Gasteiger partial charge in [-0.1, -0.05) is 48.3 Å². The van der Waals surface area contributed by atoms with Gasteiger partial charge in [0.2, 0.25) is 5.91 Å². The van der Waals surface area contributed by atoms with Crippen LogP contribution in [-0.4, -0.2) is 51.6 Å². The van der Waals surface area contributed by atoms with Crippen molar-refractivity contribution in [2.45, 2.75) is 50.2 Å². The Morgan fingerprint density at radius 3 is 2.78 bits per heavy atom. The number of fused-ring (bicyclic) bond motifs is 6. The van der Waals surface area contributed by atoms with Crippen LogP contribution in [0.1, 0.15) is 51.6 Å². The summed E-state index contributed by atoms with van der Waals surface area (Å²) in [5, 5.41) is 3.65. The number of methoxy groups -OCH3 is 1. The number of nitrogens with zero attached hydrogens (tertiary/aromatic N) is 3. The van der Waals surface area contributed by atoms with Crippen LogP contribution in [0.2, 0.25) is 10.0 Å². The van der Waals surface area contributed by atoms with Crippen molar-refractivity contribution >= 4 is 51.8 Å². The summed E-state index contributed by atoms with van der Waals surface area (Å²) in [5.41, 5.74) is 3.69. The fourth-order valence-electron chi connectivity index (χ4n) is 7.61. The molecule has 1 spiro atoms. The molecule has 0 saturated carbocycles. The van der Waals surface area contributed by atoms with Crippen molar-refractivity contribution < 1.29 is 18.7 Å². The number of likely N-dealkylation sites (tertiary alicyclic amines) is 1. The maximum atomic E-state index is 16.0. The highest BCUT2D eigenvalue weighted by atomic mass is 35.5. The Hall–Kier alpha value is -3.46. The first-order valence-corrected chi connectivity index (χ1v) is 14.3. The Morgan fingerprint density at radius 1 is 1.22 bits per heavy atom. The number of esters is 1. The molecule has 1 aromatic heterocycles. The van der Waals surface area contributed by atoms with Crippen molar-refractivity contribution in [1.29, 1.82) is 0 Å². The van der Waals surface area contributed by atoms with E-state index in [4.69, 9.17) is 32.9 Å². The van der Waals surface area contributed by atoms with Crippen molar-refractivity contribution in [3.8, 4) is 0 Å². The van der Waals surface area contributed by atoms with Gasteiger partial charge in [-0.3, -0.25) is 9.69 Å². The SMILES string of the molecule is CCN1[C@H]2Cn3c(nc4cc(C(=O)OC)c(C)cc43)[C@H]2[C@H](c2cccc(Cl)c2F)[C@@]12Cc1ccc(Cl)cc1NC2=O.